The molecule has 1 aliphatic carbocycles. The summed E-state index contributed by atoms with van der Waals surface area (Å²) in [5, 5.41) is 13.9. The third-order valence-corrected chi connectivity index (χ3v) is 5.91. The van der Waals surface area contributed by atoms with Crippen LogP contribution in [-0.2, 0) is 15.2 Å². The van der Waals surface area contributed by atoms with E-state index in [1.54, 1.807) is 4.90 Å². The zero-order valence-corrected chi connectivity index (χ0v) is 15.5. The molecule has 0 fully saturated rings. The average molecular weight is 355 g/mol. The Kier molecular flexibility index (Phi) is 3.93. The van der Waals surface area contributed by atoms with Gasteiger partial charge in [-0.3, -0.25) is 14.5 Å². The maximum atomic E-state index is 12.8. The smallest absolute Gasteiger partial charge is 0.261 e. The van der Waals surface area contributed by atoms with Crippen molar-refractivity contribution in [2.45, 2.75) is 31.4 Å². The second kappa shape index (κ2) is 5.93. The first-order valence-electron chi connectivity index (χ1n) is 9.21. The van der Waals surface area contributed by atoms with Crippen LogP contribution in [0.25, 0.3) is 5.57 Å². The van der Waals surface area contributed by atoms with Gasteiger partial charge in [0, 0.05) is 43.9 Å². The third-order valence-electron chi connectivity index (χ3n) is 5.91. The van der Waals surface area contributed by atoms with Crippen LogP contribution < -0.4 is 5.32 Å². The van der Waals surface area contributed by atoms with Crippen LogP contribution in [0.4, 0.5) is 5.69 Å². The van der Waals surface area contributed by atoms with Crippen molar-refractivity contribution >= 4 is 23.1 Å². The summed E-state index contributed by atoms with van der Waals surface area (Å²) in [4.78, 5) is 29.1. The first-order valence-corrected chi connectivity index (χ1v) is 9.21. The molecule has 0 saturated heterocycles. The van der Waals surface area contributed by atoms with Crippen LogP contribution >= 0.6 is 0 Å². The summed E-state index contributed by atoms with van der Waals surface area (Å²) in [5.41, 5.74) is 1.77. The maximum Gasteiger partial charge on any atom is 0.261 e. The van der Waals surface area contributed by atoms with Crippen LogP contribution in [0.15, 0.2) is 24.3 Å². The number of benzene rings is 1. The molecule has 0 saturated carbocycles. The summed E-state index contributed by atoms with van der Waals surface area (Å²) in [6, 6.07) is 5.57. The second-order valence-corrected chi connectivity index (χ2v) is 7.69. The molecule has 3 aliphatic rings. The number of carbonyl (C=O) groups excluding carboxylic acids is 2. The molecule has 138 valence electrons. The van der Waals surface area contributed by atoms with Crippen molar-refractivity contribution in [1.29, 1.82) is 0 Å². The van der Waals surface area contributed by atoms with E-state index in [1.165, 1.54) is 0 Å². The van der Waals surface area contributed by atoms with E-state index in [2.05, 4.69) is 23.2 Å². The summed E-state index contributed by atoms with van der Waals surface area (Å²) >= 11 is 0. The van der Waals surface area contributed by atoms with Crippen LogP contribution in [0.2, 0.25) is 0 Å². The summed E-state index contributed by atoms with van der Waals surface area (Å²) in [7, 11) is 3.81. The Balaban J connectivity index is 1.79. The minimum Gasteiger partial charge on any atom is -0.375 e. The lowest BCUT2D eigenvalue weighted by Gasteiger charge is -2.44. The van der Waals surface area contributed by atoms with Gasteiger partial charge in [0.25, 0.3) is 5.91 Å². The number of carbonyl (C=O) groups is 2. The molecule has 6 heteroatoms. The van der Waals surface area contributed by atoms with Gasteiger partial charge in [0.1, 0.15) is 0 Å². The van der Waals surface area contributed by atoms with Gasteiger partial charge in [0.15, 0.2) is 5.60 Å². The standard InChI is InChI=1S/C20H25N3O3/c1-4-8-22(2)18(24)12-9-14-13-6-5-7-15-17(13)20(26,19(25)21-15)10-16(14)23(3)11-12/h5-7,9,12,16,26H,4,8,10-11H2,1-3H3,(H,21,25)/t12-,16-,20?/m1/s1. The number of likely N-dealkylation sites (N-methyl/N-ethyl adjacent to an activating group) is 1. The van der Waals surface area contributed by atoms with Crippen LogP contribution in [0, 0.1) is 5.92 Å². The lowest BCUT2D eigenvalue weighted by Crippen LogP contribution is -2.51. The van der Waals surface area contributed by atoms with Crippen molar-refractivity contribution in [3.05, 3.63) is 35.4 Å². The largest absolute Gasteiger partial charge is 0.375 e. The molecule has 2 amide bonds. The van der Waals surface area contributed by atoms with Crippen LogP contribution in [0.5, 0.6) is 0 Å². The van der Waals surface area contributed by atoms with Crippen LogP contribution in [-0.4, -0.2) is 59.9 Å². The number of aliphatic hydroxyl groups is 1. The maximum absolute atomic E-state index is 12.8. The van der Waals surface area contributed by atoms with E-state index in [-0.39, 0.29) is 23.8 Å². The van der Waals surface area contributed by atoms with E-state index in [0.29, 0.717) is 24.2 Å². The molecule has 0 radical (unpaired) electrons. The zero-order valence-electron chi connectivity index (χ0n) is 15.5. The number of anilines is 1. The van der Waals surface area contributed by atoms with Crippen molar-refractivity contribution in [2.24, 2.45) is 5.92 Å². The predicted octanol–water partition coefficient (Wildman–Crippen LogP) is 1.41. The fraction of sp³-hybridized carbons (Fsp3) is 0.500. The number of amides is 2. The molecule has 6 nitrogen and oxygen atoms in total. The summed E-state index contributed by atoms with van der Waals surface area (Å²) in [6.07, 6.45) is 3.30. The number of fused-ring (bicyclic) bond motifs is 2. The van der Waals surface area contributed by atoms with Gasteiger partial charge in [-0.05, 0) is 30.7 Å². The molecule has 4 rings (SSSR count). The molecule has 0 spiro atoms. The summed E-state index contributed by atoms with van der Waals surface area (Å²) in [5.74, 6) is -0.449. The number of hydrogen-bond donors (Lipinski definition) is 2. The number of rotatable bonds is 3. The average Bonchev–Trinajstić information content (AvgIpc) is 2.87. The van der Waals surface area contributed by atoms with Gasteiger partial charge in [-0.2, -0.15) is 0 Å². The molecule has 2 N–H and O–H groups in total. The molecule has 26 heavy (non-hydrogen) atoms. The quantitative estimate of drug-likeness (QED) is 0.860. The van der Waals surface area contributed by atoms with E-state index in [9.17, 15) is 14.7 Å². The summed E-state index contributed by atoms with van der Waals surface area (Å²) in [6.45, 7) is 3.39. The fourth-order valence-electron chi connectivity index (χ4n) is 4.63. The molecule has 1 aromatic carbocycles. The third kappa shape index (κ3) is 2.32. The Morgan fingerprint density at radius 2 is 2.23 bits per heavy atom. The van der Waals surface area contributed by atoms with E-state index < -0.39 is 5.60 Å². The Morgan fingerprint density at radius 3 is 2.96 bits per heavy atom. The lowest BCUT2D eigenvalue weighted by atomic mass is 9.72. The Morgan fingerprint density at radius 1 is 1.46 bits per heavy atom. The number of hydrogen-bond acceptors (Lipinski definition) is 4. The van der Waals surface area contributed by atoms with Crippen LogP contribution in [0.1, 0.15) is 30.9 Å². The molecule has 2 aliphatic heterocycles. The zero-order chi connectivity index (χ0) is 18.6. The van der Waals surface area contributed by atoms with Gasteiger partial charge in [-0.1, -0.05) is 25.1 Å². The van der Waals surface area contributed by atoms with E-state index in [0.717, 1.165) is 24.1 Å². The number of nitrogens with one attached hydrogen (secondary N) is 1. The van der Waals surface area contributed by atoms with Gasteiger partial charge in [0.2, 0.25) is 5.91 Å². The van der Waals surface area contributed by atoms with Crippen molar-refractivity contribution < 1.29 is 14.7 Å². The summed E-state index contributed by atoms with van der Waals surface area (Å²) < 4.78 is 0. The van der Waals surface area contributed by atoms with Gasteiger partial charge in [-0.25, -0.2) is 0 Å². The predicted molar refractivity (Wildman–Crippen MR) is 99.4 cm³/mol. The van der Waals surface area contributed by atoms with Gasteiger partial charge < -0.3 is 15.3 Å². The van der Waals surface area contributed by atoms with E-state index in [4.69, 9.17) is 0 Å². The van der Waals surface area contributed by atoms with Crippen molar-refractivity contribution in [3.8, 4) is 0 Å². The Bertz CT molecular complexity index is 819. The number of nitrogens with zero attached hydrogens (tertiary/aromatic N) is 2. The highest BCUT2D eigenvalue weighted by Crippen LogP contribution is 2.51. The second-order valence-electron chi connectivity index (χ2n) is 7.69. The first-order chi connectivity index (χ1) is 12.4. The fourth-order valence-corrected chi connectivity index (χ4v) is 4.63. The Labute approximate surface area is 153 Å². The van der Waals surface area contributed by atoms with Crippen molar-refractivity contribution in [3.63, 3.8) is 0 Å². The Hall–Kier alpha value is -2.18. The van der Waals surface area contributed by atoms with Gasteiger partial charge in [0.05, 0.1) is 5.92 Å². The molecular formula is C20H25N3O3. The molecule has 0 aromatic heterocycles. The topological polar surface area (TPSA) is 72.9 Å². The molecule has 1 aromatic rings. The molecule has 1 unspecified atom stereocenters. The molecule has 2 heterocycles. The van der Waals surface area contributed by atoms with Crippen LogP contribution in [0.3, 0.4) is 0 Å². The van der Waals surface area contributed by atoms with Gasteiger partial charge >= 0.3 is 0 Å². The normalized spacial score (nSPS) is 29.5. The van der Waals surface area contributed by atoms with Crippen molar-refractivity contribution in [2.75, 3.05) is 32.5 Å². The minimum absolute atomic E-state index is 0.0767. The highest BCUT2D eigenvalue weighted by Gasteiger charge is 2.53. The molecule has 0 bridgehead atoms. The van der Waals surface area contributed by atoms with Crippen molar-refractivity contribution in [1.82, 2.24) is 9.80 Å². The first kappa shape index (κ1) is 17.2. The van der Waals surface area contributed by atoms with E-state index >= 15 is 0 Å². The molecular weight excluding hydrogens is 330 g/mol. The highest BCUT2D eigenvalue weighted by molar-refractivity contribution is 6.08. The monoisotopic (exact) mass is 355 g/mol. The highest BCUT2D eigenvalue weighted by atomic mass is 16.3. The minimum atomic E-state index is -1.49. The molecule has 3 atom stereocenters. The van der Waals surface area contributed by atoms with Gasteiger partial charge in [-0.15, -0.1) is 0 Å². The van der Waals surface area contributed by atoms with E-state index in [1.807, 2.05) is 32.3 Å². The SMILES string of the molecule is CCCN(C)C(=O)[C@@H]1C=C2c3cccc4c3C(O)(C[C@H]2N(C)C1)C(=O)N4. The lowest BCUT2D eigenvalue weighted by molar-refractivity contribution is -0.137.